The molecule has 1 aromatic rings. The van der Waals surface area contributed by atoms with Crippen LogP contribution in [0.1, 0.15) is 18.6 Å². The quantitative estimate of drug-likeness (QED) is 0.787. The summed E-state index contributed by atoms with van der Waals surface area (Å²) in [4.78, 5) is 11.5. The van der Waals surface area contributed by atoms with E-state index in [0.29, 0.717) is 6.54 Å². The Morgan fingerprint density at radius 3 is 2.57 bits per heavy atom. The molecule has 14 heavy (non-hydrogen) atoms. The van der Waals surface area contributed by atoms with E-state index >= 15 is 0 Å². The first kappa shape index (κ1) is 10.7. The molecule has 0 radical (unpaired) electrons. The van der Waals surface area contributed by atoms with Gasteiger partial charge in [-0.05, 0) is 12.5 Å². The molecule has 0 heterocycles. The van der Waals surface area contributed by atoms with Gasteiger partial charge in [0.1, 0.15) is 0 Å². The maximum absolute atomic E-state index is 11.5. The van der Waals surface area contributed by atoms with E-state index in [-0.39, 0.29) is 5.91 Å². The van der Waals surface area contributed by atoms with Crippen molar-refractivity contribution in [1.82, 2.24) is 5.32 Å². The maximum Gasteiger partial charge on any atom is 0.253 e. The van der Waals surface area contributed by atoms with Crippen molar-refractivity contribution in [3.05, 3.63) is 35.9 Å². The van der Waals surface area contributed by atoms with Gasteiger partial charge in [0.2, 0.25) is 0 Å². The SMILES string of the molecule is CCNC(=O)C(OC)c1ccccc1. The Labute approximate surface area is 84.1 Å². The van der Waals surface area contributed by atoms with Crippen molar-refractivity contribution in [2.24, 2.45) is 0 Å². The van der Waals surface area contributed by atoms with Crippen LogP contribution in [-0.4, -0.2) is 19.6 Å². The van der Waals surface area contributed by atoms with Gasteiger partial charge in [0.25, 0.3) is 5.91 Å². The van der Waals surface area contributed by atoms with Crippen LogP contribution in [0, 0.1) is 0 Å². The number of ether oxygens (including phenoxy) is 1. The molecule has 0 fully saturated rings. The van der Waals surface area contributed by atoms with Crippen molar-refractivity contribution in [2.75, 3.05) is 13.7 Å². The van der Waals surface area contributed by atoms with Crippen molar-refractivity contribution in [3.8, 4) is 0 Å². The molecule has 0 spiro atoms. The summed E-state index contributed by atoms with van der Waals surface area (Å²) in [5.74, 6) is -0.0961. The lowest BCUT2D eigenvalue weighted by Crippen LogP contribution is -2.29. The summed E-state index contributed by atoms with van der Waals surface area (Å²) in [6.45, 7) is 2.50. The van der Waals surface area contributed by atoms with Gasteiger partial charge in [-0.3, -0.25) is 4.79 Å². The van der Waals surface area contributed by atoms with Crippen molar-refractivity contribution >= 4 is 5.91 Å². The Morgan fingerprint density at radius 1 is 1.43 bits per heavy atom. The van der Waals surface area contributed by atoms with Gasteiger partial charge in [-0.25, -0.2) is 0 Å². The van der Waals surface area contributed by atoms with Crippen LogP contribution in [0.2, 0.25) is 0 Å². The minimum Gasteiger partial charge on any atom is -0.367 e. The van der Waals surface area contributed by atoms with E-state index in [1.54, 1.807) is 0 Å². The first-order chi connectivity index (χ1) is 6.79. The Morgan fingerprint density at radius 2 is 2.07 bits per heavy atom. The lowest BCUT2D eigenvalue weighted by molar-refractivity contribution is -0.131. The molecule has 1 rings (SSSR count). The molecule has 1 amide bonds. The average molecular weight is 193 g/mol. The van der Waals surface area contributed by atoms with Crippen molar-refractivity contribution < 1.29 is 9.53 Å². The van der Waals surface area contributed by atoms with E-state index in [0.717, 1.165) is 5.56 Å². The minimum absolute atomic E-state index is 0.0961. The summed E-state index contributed by atoms with van der Waals surface area (Å²) in [6.07, 6.45) is -0.504. The third-order valence-electron chi connectivity index (χ3n) is 1.93. The highest BCUT2D eigenvalue weighted by atomic mass is 16.5. The summed E-state index contributed by atoms with van der Waals surface area (Å²) in [5, 5.41) is 2.73. The summed E-state index contributed by atoms with van der Waals surface area (Å²) < 4.78 is 5.14. The standard InChI is InChI=1S/C11H15NO2/c1-3-12-11(13)10(14-2)9-7-5-4-6-8-9/h4-8,10H,3H2,1-2H3,(H,12,13). The van der Waals surface area contributed by atoms with Crippen LogP contribution in [0.5, 0.6) is 0 Å². The van der Waals surface area contributed by atoms with Crippen LogP contribution in [0.25, 0.3) is 0 Å². The summed E-state index contributed by atoms with van der Waals surface area (Å²) in [6, 6.07) is 9.45. The molecular weight excluding hydrogens is 178 g/mol. The molecular formula is C11H15NO2. The summed E-state index contributed by atoms with van der Waals surface area (Å²) >= 11 is 0. The predicted molar refractivity (Wildman–Crippen MR) is 54.9 cm³/mol. The highest BCUT2D eigenvalue weighted by molar-refractivity contribution is 5.82. The molecule has 0 aliphatic rings. The number of benzene rings is 1. The van der Waals surface area contributed by atoms with Crippen LogP contribution in [-0.2, 0) is 9.53 Å². The van der Waals surface area contributed by atoms with Gasteiger partial charge in [-0.15, -0.1) is 0 Å². The zero-order valence-corrected chi connectivity index (χ0v) is 8.49. The second-order valence-electron chi connectivity index (χ2n) is 2.92. The second kappa shape index (κ2) is 5.40. The Kier molecular flexibility index (Phi) is 4.13. The Bertz CT molecular complexity index is 285. The van der Waals surface area contributed by atoms with Crippen LogP contribution >= 0.6 is 0 Å². The predicted octanol–water partition coefficient (Wildman–Crippen LogP) is 1.51. The Hall–Kier alpha value is -1.35. The number of likely N-dealkylation sites (N-methyl/N-ethyl adjacent to an activating group) is 1. The normalized spacial score (nSPS) is 12.1. The first-order valence-corrected chi connectivity index (χ1v) is 4.65. The number of hydrogen-bond acceptors (Lipinski definition) is 2. The fourth-order valence-electron chi connectivity index (χ4n) is 1.29. The molecule has 0 saturated heterocycles. The monoisotopic (exact) mass is 193 g/mol. The van der Waals surface area contributed by atoms with Crippen LogP contribution in [0.4, 0.5) is 0 Å². The second-order valence-corrected chi connectivity index (χ2v) is 2.92. The fourth-order valence-corrected chi connectivity index (χ4v) is 1.29. The van der Waals surface area contributed by atoms with Crippen LogP contribution in [0.3, 0.4) is 0 Å². The number of carbonyl (C=O) groups excluding carboxylic acids is 1. The first-order valence-electron chi connectivity index (χ1n) is 4.65. The molecule has 1 aromatic carbocycles. The summed E-state index contributed by atoms with van der Waals surface area (Å²) in [7, 11) is 1.53. The molecule has 1 atom stereocenters. The minimum atomic E-state index is -0.504. The molecule has 76 valence electrons. The number of hydrogen-bond donors (Lipinski definition) is 1. The molecule has 3 nitrogen and oxygen atoms in total. The molecule has 0 aliphatic heterocycles. The third-order valence-corrected chi connectivity index (χ3v) is 1.93. The van der Waals surface area contributed by atoms with E-state index in [1.807, 2.05) is 37.3 Å². The van der Waals surface area contributed by atoms with Gasteiger partial charge in [0, 0.05) is 13.7 Å². The lowest BCUT2D eigenvalue weighted by Gasteiger charge is -2.14. The van der Waals surface area contributed by atoms with Gasteiger partial charge in [-0.2, -0.15) is 0 Å². The molecule has 0 aliphatic carbocycles. The number of nitrogens with one attached hydrogen (secondary N) is 1. The molecule has 0 aromatic heterocycles. The highest BCUT2D eigenvalue weighted by Gasteiger charge is 2.18. The van der Waals surface area contributed by atoms with Crippen LogP contribution < -0.4 is 5.32 Å². The summed E-state index contributed by atoms with van der Waals surface area (Å²) in [5.41, 5.74) is 0.876. The van der Waals surface area contributed by atoms with E-state index in [2.05, 4.69) is 5.32 Å². The number of carbonyl (C=O) groups is 1. The molecule has 0 saturated carbocycles. The van der Waals surface area contributed by atoms with Gasteiger partial charge < -0.3 is 10.1 Å². The van der Waals surface area contributed by atoms with Crippen molar-refractivity contribution in [2.45, 2.75) is 13.0 Å². The zero-order valence-electron chi connectivity index (χ0n) is 8.49. The van der Waals surface area contributed by atoms with Gasteiger partial charge >= 0.3 is 0 Å². The topological polar surface area (TPSA) is 38.3 Å². The van der Waals surface area contributed by atoms with E-state index in [9.17, 15) is 4.79 Å². The molecule has 1 unspecified atom stereocenters. The van der Waals surface area contributed by atoms with E-state index < -0.39 is 6.10 Å². The highest BCUT2D eigenvalue weighted by Crippen LogP contribution is 2.15. The van der Waals surface area contributed by atoms with Gasteiger partial charge in [0.15, 0.2) is 6.10 Å². The van der Waals surface area contributed by atoms with Gasteiger partial charge in [-0.1, -0.05) is 30.3 Å². The Balaban J connectivity index is 2.77. The van der Waals surface area contributed by atoms with E-state index in [4.69, 9.17) is 4.74 Å². The number of rotatable bonds is 4. The lowest BCUT2D eigenvalue weighted by atomic mass is 10.1. The zero-order chi connectivity index (χ0) is 10.4. The molecule has 1 N–H and O–H groups in total. The smallest absolute Gasteiger partial charge is 0.253 e. The number of methoxy groups -OCH3 is 1. The van der Waals surface area contributed by atoms with Crippen molar-refractivity contribution in [1.29, 1.82) is 0 Å². The molecule has 3 heteroatoms. The van der Waals surface area contributed by atoms with Crippen LogP contribution in [0.15, 0.2) is 30.3 Å². The maximum atomic E-state index is 11.5. The van der Waals surface area contributed by atoms with Gasteiger partial charge in [0.05, 0.1) is 0 Å². The fraction of sp³-hybridized carbons (Fsp3) is 0.364. The third kappa shape index (κ3) is 2.57. The number of amides is 1. The van der Waals surface area contributed by atoms with E-state index in [1.165, 1.54) is 7.11 Å². The molecule has 0 bridgehead atoms. The largest absolute Gasteiger partial charge is 0.367 e. The van der Waals surface area contributed by atoms with Crippen molar-refractivity contribution in [3.63, 3.8) is 0 Å². The average Bonchev–Trinajstić information content (AvgIpc) is 2.21.